The lowest BCUT2D eigenvalue weighted by atomic mass is 9.88. The number of amides is 1. The Hall–Kier alpha value is -0.0500. The highest BCUT2D eigenvalue weighted by molar-refractivity contribution is 9.09. The second-order valence-electron chi connectivity index (χ2n) is 5.50. The van der Waals surface area contributed by atoms with E-state index in [1.807, 2.05) is 0 Å². The molecule has 0 aromatic carbocycles. The minimum absolute atomic E-state index is 0.328. The first kappa shape index (κ1) is 12.4. The van der Waals surface area contributed by atoms with Gasteiger partial charge in [0.25, 0.3) is 0 Å². The molecule has 0 aliphatic heterocycles. The van der Waals surface area contributed by atoms with E-state index in [2.05, 4.69) is 28.2 Å². The summed E-state index contributed by atoms with van der Waals surface area (Å²) in [6.45, 7) is 3.00. The Bertz CT molecular complexity index is 254. The van der Waals surface area contributed by atoms with E-state index in [-0.39, 0.29) is 0 Å². The number of hydrogen-bond acceptors (Lipinski definition) is 1. The maximum Gasteiger partial charge on any atom is 0.223 e. The summed E-state index contributed by atoms with van der Waals surface area (Å²) in [5.74, 6) is 2.25. The van der Waals surface area contributed by atoms with Crippen LogP contribution in [0.4, 0.5) is 0 Å². The molecule has 0 aromatic rings. The van der Waals surface area contributed by atoms with Gasteiger partial charge in [-0.1, -0.05) is 29.3 Å². The van der Waals surface area contributed by atoms with E-state index in [1.54, 1.807) is 0 Å². The van der Waals surface area contributed by atoms with Gasteiger partial charge < -0.3 is 5.32 Å². The summed E-state index contributed by atoms with van der Waals surface area (Å²) in [6, 6.07) is 0. The number of rotatable bonds is 5. The fraction of sp³-hybridized carbons (Fsp3) is 0.923. The van der Waals surface area contributed by atoms with Crippen molar-refractivity contribution in [2.75, 3.05) is 6.54 Å². The molecule has 0 heterocycles. The number of carbonyl (C=O) groups is 1. The summed E-state index contributed by atoms with van der Waals surface area (Å²) < 4.78 is 0. The van der Waals surface area contributed by atoms with Gasteiger partial charge >= 0.3 is 0 Å². The molecular formula is C13H22BrNO. The third-order valence-corrected chi connectivity index (χ3v) is 4.61. The van der Waals surface area contributed by atoms with Gasteiger partial charge in [-0.15, -0.1) is 0 Å². The fourth-order valence-electron chi connectivity index (χ4n) is 3.29. The predicted molar refractivity (Wildman–Crippen MR) is 69.6 cm³/mol. The molecule has 4 unspecified atom stereocenters. The quantitative estimate of drug-likeness (QED) is 0.611. The van der Waals surface area contributed by atoms with Crippen LogP contribution in [0.1, 0.15) is 45.4 Å². The normalized spacial score (nSPS) is 34.0. The molecule has 3 heteroatoms. The lowest BCUT2D eigenvalue weighted by Gasteiger charge is -2.20. The third-order valence-electron chi connectivity index (χ3n) is 4.15. The lowest BCUT2D eigenvalue weighted by Crippen LogP contribution is -2.34. The zero-order valence-electron chi connectivity index (χ0n) is 10.0. The standard InChI is InChI=1S/C13H22BrNO/c1-9(14)3-2-6-15-13(16)12-8-10-4-5-11(12)7-10/h9-12H,2-8H2,1H3,(H,15,16). The average molecular weight is 288 g/mol. The summed E-state index contributed by atoms with van der Waals surface area (Å²) in [5, 5.41) is 3.11. The van der Waals surface area contributed by atoms with Crippen LogP contribution in [0.5, 0.6) is 0 Å². The van der Waals surface area contributed by atoms with E-state index in [0.717, 1.165) is 31.7 Å². The highest BCUT2D eigenvalue weighted by atomic mass is 79.9. The first-order valence-electron chi connectivity index (χ1n) is 6.58. The van der Waals surface area contributed by atoms with Crippen LogP contribution in [0.3, 0.4) is 0 Å². The zero-order chi connectivity index (χ0) is 11.5. The molecule has 0 spiro atoms. The van der Waals surface area contributed by atoms with Gasteiger partial charge in [0.05, 0.1) is 0 Å². The Morgan fingerprint density at radius 2 is 2.25 bits per heavy atom. The molecule has 4 atom stereocenters. The van der Waals surface area contributed by atoms with E-state index >= 15 is 0 Å². The highest BCUT2D eigenvalue weighted by Gasteiger charge is 2.42. The molecule has 2 aliphatic carbocycles. The van der Waals surface area contributed by atoms with Crippen LogP contribution in [0.15, 0.2) is 0 Å². The number of alkyl halides is 1. The van der Waals surface area contributed by atoms with Crippen LogP contribution in [-0.4, -0.2) is 17.3 Å². The molecular weight excluding hydrogens is 266 g/mol. The number of fused-ring (bicyclic) bond motifs is 2. The van der Waals surface area contributed by atoms with Gasteiger partial charge in [0.2, 0.25) is 5.91 Å². The maximum absolute atomic E-state index is 12.0. The van der Waals surface area contributed by atoms with Crippen LogP contribution < -0.4 is 5.32 Å². The summed E-state index contributed by atoms with van der Waals surface area (Å²) in [7, 11) is 0. The Morgan fingerprint density at radius 1 is 1.44 bits per heavy atom. The summed E-state index contributed by atoms with van der Waals surface area (Å²) in [4.78, 5) is 12.5. The van der Waals surface area contributed by atoms with Crippen LogP contribution in [0, 0.1) is 17.8 Å². The zero-order valence-corrected chi connectivity index (χ0v) is 11.6. The average Bonchev–Trinajstić information content (AvgIpc) is 2.85. The Morgan fingerprint density at radius 3 is 2.81 bits per heavy atom. The van der Waals surface area contributed by atoms with E-state index in [0.29, 0.717) is 22.6 Å². The maximum atomic E-state index is 12.0. The molecule has 2 rings (SSSR count). The Kier molecular flexibility index (Phi) is 4.28. The molecule has 2 saturated carbocycles. The van der Waals surface area contributed by atoms with Gasteiger partial charge in [0, 0.05) is 17.3 Å². The third kappa shape index (κ3) is 2.99. The smallest absolute Gasteiger partial charge is 0.223 e. The molecule has 1 amide bonds. The van der Waals surface area contributed by atoms with E-state index in [1.165, 1.54) is 19.3 Å². The second kappa shape index (κ2) is 5.52. The van der Waals surface area contributed by atoms with Crippen molar-refractivity contribution in [3.05, 3.63) is 0 Å². The van der Waals surface area contributed by atoms with Crippen molar-refractivity contribution in [2.45, 2.75) is 50.3 Å². The van der Waals surface area contributed by atoms with Crippen LogP contribution in [0.2, 0.25) is 0 Å². The second-order valence-corrected chi connectivity index (χ2v) is 7.06. The van der Waals surface area contributed by atoms with Gasteiger partial charge in [0.15, 0.2) is 0 Å². The van der Waals surface area contributed by atoms with Crippen LogP contribution >= 0.6 is 15.9 Å². The molecule has 2 aliphatic rings. The lowest BCUT2D eigenvalue weighted by molar-refractivity contribution is -0.126. The van der Waals surface area contributed by atoms with Gasteiger partial charge in [-0.2, -0.15) is 0 Å². The van der Waals surface area contributed by atoms with Crippen LogP contribution in [-0.2, 0) is 4.79 Å². The molecule has 2 nitrogen and oxygen atoms in total. The minimum Gasteiger partial charge on any atom is -0.356 e. The van der Waals surface area contributed by atoms with E-state index in [4.69, 9.17) is 0 Å². The fourth-order valence-corrected chi connectivity index (χ4v) is 3.62. The van der Waals surface area contributed by atoms with Gasteiger partial charge in [-0.25, -0.2) is 0 Å². The molecule has 0 radical (unpaired) electrons. The number of carbonyl (C=O) groups excluding carboxylic acids is 1. The molecule has 2 bridgehead atoms. The molecule has 92 valence electrons. The van der Waals surface area contributed by atoms with Crippen molar-refractivity contribution >= 4 is 21.8 Å². The first-order valence-corrected chi connectivity index (χ1v) is 7.50. The minimum atomic E-state index is 0.328. The summed E-state index contributed by atoms with van der Waals surface area (Å²) in [6.07, 6.45) is 7.36. The number of hydrogen-bond donors (Lipinski definition) is 1. The van der Waals surface area contributed by atoms with Crippen molar-refractivity contribution in [3.63, 3.8) is 0 Å². The molecule has 0 aromatic heterocycles. The van der Waals surface area contributed by atoms with Gasteiger partial charge in [-0.05, 0) is 43.9 Å². The van der Waals surface area contributed by atoms with Crippen molar-refractivity contribution in [1.82, 2.24) is 5.32 Å². The predicted octanol–water partition coefficient (Wildman–Crippen LogP) is 3.10. The summed E-state index contributed by atoms with van der Waals surface area (Å²) in [5.41, 5.74) is 0. The monoisotopic (exact) mass is 287 g/mol. The summed E-state index contributed by atoms with van der Waals surface area (Å²) >= 11 is 3.52. The van der Waals surface area contributed by atoms with Crippen molar-refractivity contribution in [2.24, 2.45) is 17.8 Å². The topological polar surface area (TPSA) is 29.1 Å². The molecule has 16 heavy (non-hydrogen) atoms. The largest absolute Gasteiger partial charge is 0.356 e. The number of halogens is 1. The number of nitrogens with one attached hydrogen (secondary N) is 1. The Labute approximate surface area is 107 Å². The highest BCUT2D eigenvalue weighted by Crippen LogP contribution is 2.48. The van der Waals surface area contributed by atoms with Gasteiger partial charge in [0.1, 0.15) is 0 Å². The van der Waals surface area contributed by atoms with E-state index < -0.39 is 0 Å². The van der Waals surface area contributed by atoms with Crippen molar-refractivity contribution in [3.8, 4) is 0 Å². The molecule has 0 saturated heterocycles. The van der Waals surface area contributed by atoms with E-state index in [9.17, 15) is 4.79 Å². The molecule has 1 N–H and O–H groups in total. The SMILES string of the molecule is CC(Br)CCCNC(=O)C1CC2CCC1C2. The van der Waals surface area contributed by atoms with Gasteiger partial charge in [-0.3, -0.25) is 4.79 Å². The van der Waals surface area contributed by atoms with Crippen molar-refractivity contribution in [1.29, 1.82) is 0 Å². The Balaban J connectivity index is 1.65. The van der Waals surface area contributed by atoms with Crippen LogP contribution in [0.25, 0.3) is 0 Å². The molecule has 2 fully saturated rings. The first-order chi connectivity index (χ1) is 7.66. The van der Waals surface area contributed by atoms with Crippen molar-refractivity contribution < 1.29 is 4.79 Å².